The Morgan fingerprint density at radius 2 is 0.714 bits per heavy atom. The Labute approximate surface area is 45.6 Å². The zero-order chi connectivity index (χ0) is 2.71. The molecule has 0 bridgehead atoms. The van der Waals surface area contributed by atoms with E-state index >= 15 is 0 Å². The zero-order valence-corrected chi connectivity index (χ0v) is 4.13. The van der Waals surface area contributed by atoms with Crippen LogP contribution in [-0.2, 0) is 15.6 Å². The third-order valence-electron chi connectivity index (χ3n) is 0. The third-order valence-corrected chi connectivity index (χ3v) is 0. The second-order valence-electron chi connectivity index (χ2n) is 0.0476. The van der Waals surface area contributed by atoms with Gasteiger partial charge in [-0.25, -0.2) is 0 Å². The summed E-state index contributed by atoms with van der Waals surface area (Å²) < 4.78 is 19.2. The number of rotatable bonds is 0. The van der Waals surface area contributed by atoms with Crippen molar-refractivity contribution >= 4 is 0 Å². The van der Waals surface area contributed by atoms with Gasteiger partial charge in [0.25, 0.3) is 0 Å². The predicted molar refractivity (Wildman–Crippen MR) is 16.7 cm³/mol. The van der Waals surface area contributed by atoms with Crippen molar-refractivity contribution in [3.05, 3.63) is 0 Å². The average Bonchev–Trinajstić information content (AvgIpc) is 0.918. The predicted octanol–water partition coefficient (Wildman–Crippen LogP) is -2.46. The molecule has 0 fully saturated rings. The Morgan fingerprint density at radius 3 is 0.714 bits per heavy atom. The Kier molecular flexibility index (Phi) is 941. The van der Waals surface area contributed by atoms with E-state index in [0.717, 1.165) is 0 Å². The van der Waals surface area contributed by atoms with E-state index in [9.17, 15) is 7.16 Å². The van der Waals surface area contributed by atoms with Gasteiger partial charge in [-0.2, -0.15) is 0 Å². The maximum atomic E-state index is 9.59. The molecule has 0 aliphatic heterocycles. The van der Waals surface area contributed by atoms with E-state index in [2.05, 4.69) is 0 Å². The summed E-state index contributed by atoms with van der Waals surface area (Å²) >= 11 is -1.56. The van der Waals surface area contributed by atoms with Gasteiger partial charge < -0.3 is 21.9 Å². The Morgan fingerprint density at radius 1 is 0.714 bits per heavy atom. The molecule has 7 heavy (non-hydrogen) atoms. The van der Waals surface area contributed by atoms with E-state index in [1.165, 1.54) is 0 Å². The maximum absolute atomic E-state index is 9.59. The first-order valence-corrected chi connectivity index (χ1v) is 1.04. The van der Waals surface area contributed by atoms with Crippen molar-refractivity contribution in [3.63, 3.8) is 0 Å². The first-order chi connectivity index (χ1) is 1.41. The Balaban J connectivity index is -0.00000000333. The summed E-state index contributed by atoms with van der Waals surface area (Å²) in [4.78, 5) is 0. The van der Waals surface area contributed by atoms with Crippen LogP contribution in [0, 0.1) is 0 Å². The molecule has 0 heterocycles. The average molecular weight is 169 g/mol. The minimum absolute atomic E-state index is 0. The molecule has 0 aromatic rings. The Hall–Kier alpha value is 0.206. The van der Waals surface area contributed by atoms with Crippen LogP contribution in [0.25, 0.3) is 0 Å². The zero-order valence-electron chi connectivity index (χ0n) is 3.09. The molecule has 0 saturated carbocycles. The summed E-state index contributed by atoms with van der Waals surface area (Å²) in [6, 6.07) is 0. The van der Waals surface area contributed by atoms with Crippen molar-refractivity contribution < 1.29 is 44.7 Å². The molecule has 0 saturated heterocycles. The van der Waals surface area contributed by atoms with Gasteiger partial charge in [0.05, 0.1) is 0 Å². The van der Waals surface area contributed by atoms with Gasteiger partial charge in [-0.15, -0.1) is 0 Å². The molecule has 55 valence electrons. The van der Waals surface area contributed by atoms with E-state index in [4.69, 9.17) is 0 Å². The molecular formula is H8CoF2O4. The Bertz CT molecular complexity index is 9.65. The monoisotopic (exact) mass is 169 g/mol. The molecule has 0 atom stereocenters. The van der Waals surface area contributed by atoms with E-state index in [0.29, 0.717) is 0 Å². The van der Waals surface area contributed by atoms with Crippen LogP contribution in [0.5, 0.6) is 0 Å². The van der Waals surface area contributed by atoms with Gasteiger partial charge in [-0.1, -0.05) is 0 Å². The van der Waals surface area contributed by atoms with Crippen molar-refractivity contribution in [1.82, 2.24) is 0 Å². The molecule has 7 heteroatoms. The molecule has 0 radical (unpaired) electrons. The van der Waals surface area contributed by atoms with E-state index in [-0.39, 0.29) is 21.9 Å². The molecule has 0 unspecified atom stereocenters. The van der Waals surface area contributed by atoms with Crippen LogP contribution in [0.1, 0.15) is 0 Å². The number of halogens is 2. The summed E-state index contributed by atoms with van der Waals surface area (Å²) in [5, 5.41) is 0. The van der Waals surface area contributed by atoms with Gasteiger partial charge in [0, 0.05) is 0 Å². The van der Waals surface area contributed by atoms with Crippen molar-refractivity contribution in [2.24, 2.45) is 0 Å². The summed E-state index contributed by atoms with van der Waals surface area (Å²) in [6.45, 7) is 0. The van der Waals surface area contributed by atoms with Crippen LogP contribution < -0.4 is 0 Å². The molecule has 0 aliphatic rings. The molecular weight excluding hydrogens is 161 g/mol. The van der Waals surface area contributed by atoms with Gasteiger partial charge in [-0.05, 0) is 0 Å². The summed E-state index contributed by atoms with van der Waals surface area (Å²) in [5.41, 5.74) is 0. The first kappa shape index (κ1) is 57.0. The molecule has 0 aromatic heterocycles. The van der Waals surface area contributed by atoms with Gasteiger partial charge in [0.2, 0.25) is 0 Å². The van der Waals surface area contributed by atoms with E-state index in [1.807, 2.05) is 0 Å². The van der Waals surface area contributed by atoms with Crippen LogP contribution in [0.2, 0.25) is 0 Å². The van der Waals surface area contributed by atoms with Gasteiger partial charge in [-0.3, -0.25) is 0 Å². The molecule has 0 rings (SSSR count). The molecule has 4 nitrogen and oxygen atoms in total. The molecule has 8 N–H and O–H groups in total. The SMILES string of the molecule is O.O.O.O.[F][Co][F]. The van der Waals surface area contributed by atoms with Gasteiger partial charge in [0.15, 0.2) is 0 Å². The third kappa shape index (κ3) is 2580. The minimum atomic E-state index is -1.56. The van der Waals surface area contributed by atoms with E-state index in [1.54, 1.807) is 0 Å². The quantitative estimate of drug-likeness (QED) is 0.381. The topological polar surface area (TPSA) is 126 Å². The van der Waals surface area contributed by atoms with Crippen LogP contribution in [-0.4, -0.2) is 21.9 Å². The second-order valence-corrected chi connectivity index (χ2v) is 0.196. The van der Waals surface area contributed by atoms with Crippen LogP contribution in [0.4, 0.5) is 7.16 Å². The van der Waals surface area contributed by atoms with Crippen LogP contribution in [0.3, 0.4) is 0 Å². The standard InChI is InChI=1S/Co.2FH.4H2O/h;2*1H;4*1H2/q+2;;;;;;/p-2. The van der Waals surface area contributed by atoms with E-state index < -0.39 is 15.6 Å². The fraction of sp³-hybridized carbons (Fsp3) is 0. The second kappa shape index (κ2) is 116. The van der Waals surface area contributed by atoms with Crippen molar-refractivity contribution in [1.29, 1.82) is 0 Å². The molecule has 0 spiro atoms. The van der Waals surface area contributed by atoms with Crippen molar-refractivity contribution in [3.8, 4) is 0 Å². The van der Waals surface area contributed by atoms with Crippen molar-refractivity contribution in [2.45, 2.75) is 0 Å². The molecule has 0 aliphatic carbocycles. The van der Waals surface area contributed by atoms with Gasteiger partial charge >= 0.3 is 22.8 Å². The molecule has 0 aromatic carbocycles. The summed E-state index contributed by atoms with van der Waals surface area (Å²) in [7, 11) is 0. The fourth-order valence-electron chi connectivity index (χ4n) is 0. The van der Waals surface area contributed by atoms with Crippen LogP contribution >= 0.6 is 0 Å². The first-order valence-electron chi connectivity index (χ1n) is 0.252. The summed E-state index contributed by atoms with van der Waals surface area (Å²) in [6.07, 6.45) is 0. The summed E-state index contributed by atoms with van der Waals surface area (Å²) in [5.74, 6) is 0. The fourth-order valence-corrected chi connectivity index (χ4v) is 0. The van der Waals surface area contributed by atoms with Gasteiger partial charge in [0.1, 0.15) is 0 Å². The molecule has 0 amide bonds. The van der Waals surface area contributed by atoms with Crippen LogP contribution in [0.15, 0.2) is 0 Å². The number of hydrogen-bond acceptors (Lipinski definition) is 0. The normalized spacial score (nSPS) is 3.14. The van der Waals surface area contributed by atoms with Crippen molar-refractivity contribution in [2.75, 3.05) is 0 Å². The number of hydrogen-bond donors (Lipinski definition) is 0.